The number of rotatable bonds is 4. The van der Waals surface area contributed by atoms with E-state index in [1.807, 2.05) is 7.05 Å². The lowest BCUT2D eigenvalue weighted by Crippen LogP contribution is -2.40. The van der Waals surface area contributed by atoms with Crippen LogP contribution in [0.25, 0.3) is 0 Å². The zero-order chi connectivity index (χ0) is 13.2. The SMILES string of the molecule is Cc1ccccc1C1CC(NCc2ncn(C)n2)C1. The fourth-order valence-corrected chi connectivity index (χ4v) is 2.78. The maximum Gasteiger partial charge on any atom is 0.164 e. The Kier molecular flexibility index (Phi) is 3.34. The molecule has 100 valence electrons. The van der Waals surface area contributed by atoms with E-state index >= 15 is 0 Å². The van der Waals surface area contributed by atoms with Gasteiger partial charge in [0.25, 0.3) is 0 Å². The van der Waals surface area contributed by atoms with E-state index in [2.05, 4.69) is 46.6 Å². The summed E-state index contributed by atoms with van der Waals surface area (Å²) in [4.78, 5) is 4.23. The molecule has 0 unspecified atom stereocenters. The minimum Gasteiger partial charge on any atom is -0.307 e. The summed E-state index contributed by atoms with van der Waals surface area (Å²) in [6.07, 6.45) is 4.18. The predicted octanol–water partition coefficient (Wildman–Crippen LogP) is 2.16. The van der Waals surface area contributed by atoms with Gasteiger partial charge in [-0.2, -0.15) is 5.10 Å². The molecule has 0 atom stereocenters. The van der Waals surface area contributed by atoms with Gasteiger partial charge >= 0.3 is 0 Å². The van der Waals surface area contributed by atoms with Crippen LogP contribution in [0.3, 0.4) is 0 Å². The van der Waals surface area contributed by atoms with E-state index in [9.17, 15) is 0 Å². The minimum atomic E-state index is 0.605. The van der Waals surface area contributed by atoms with Gasteiger partial charge in [0.2, 0.25) is 0 Å². The van der Waals surface area contributed by atoms with Crippen molar-refractivity contribution in [2.24, 2.45) is 7.05 Å². The summed E-state index contributed by atoms with van der Waals surface area (Å²) in [5, 5.41) is 7.80. The third kappa shape index (κ3) is 2.68. The second-order valence-corrected chi connectivity index (χ2v) is 5.44. The van der Waals surface area contributed by atoms with Crippen LogP contribution in [0.1, 0.15) is 35.7 Å². The Morgan fingerprint density at radius 1 is 1.32 bits per heavy atom. The van der Waals surface area contributed by atoms with Crippen LogP contribution in [-0.4, -0.2) is 20.8 Å². The molecule has 19 heavy (non-hydrogen) atoms. The van der Waals surface area contributed by atoms with Crippen molar-refractivity contribution in [1.29, 1.82) is 0 Å². The first-order chi connectivity index (χ1) is 9.22. The van der Waals surface area contributed by atoms with Gasteiger partial charge in [0.05, 0.1) is 6.54 Å². The summed E-state index contributed by atoms with van der Waals surface area (Å²) >= 11 is 0. The molecule has 1 aromatic carbocycles. The summed E-state index contributed by atoms with van der Waals surface area (Å²) in [5.41, 5.74) is 2.92. The van der Waals surface area contributed by atoms with Gasteiger partial charge in [-0.15, -0.1) is 0 Å². The first kappa shape index (κ1) is 12.4. The third-order valence-corrected chi connectivity index (χ3v) is 3.96. The lowest BCUT2D eigenvalue weighted by Gasteiger charge is -2.37. The fourth-order valence-electron chi connectivity index (χ4n) is 2.78. The number of hydrogen-bond donors (Lipinski definition) is 1. The molecule has 2 aromatic rings. The number of aryl methyl sites for hydroxylation is 2. The monoisotopic (exact) mass is 256 g/mol. The molecule has 0 aliphatic heterocycles. The summed E-state index contributed by atoms with van der Waals surface area (Å²) in [6.45, 7) is 2.97. The van der Waals surface area contributed by atoms with Crippen LogP contribution in [0.15, 0.2) is 30.6 Å². The van der Waals surface area contributed by atoms with Crippen molar-refractivity contribution >= 4 is 0 Å². The van der Waals surface area contributed by atoms with Crippen molar-refractivity contribution in [3.63, 3.8) is 0 Å². The fraction of sp³-hybridized carbons (Fsp3) is 0.467. The predicted molar refractivity (Wildman–Crippen MR) is 74.8 cm³/mol. The summed E-state index contributed by atoms with van der Waals surface area (Å²) in [5.74, 6) is 1.59. The molecular weight excluding hydrogens is 236 g/mol. The van der Waals surface area contributed by atoms with Crippen LogP contribution in [0.5, 0.6) is 0 Å². The minimum absolute atomic E-state index is 0.605. The molecule has 4 heteroatoms. The van der Waals surface area contributed by atoms with Crippen molar-refractivity contribution in [2.75, 3.05) is 0 Å². The highest BCUT2D eigenvalue weighted by Crippen LogP contribution is 2.38. The van der Waals surface area contributed by atoms with Gasteiger partial charge in [-0.3, -0.25) is 4.68 Å². The first-order valence-electron chi connectivity index (χ1n) is 6.86. The molecule has 4 nitrogen and oxygen atoms in total. The molecule has 1 aliphatic carbocycles. The molecule has 1 N–H and O–H groups in total. The van der Waals surface area contributed by atoms with Gasteiger partial charge < -0.3 is 5.32 Å². The van der Waals surface area contributed by atoms with Gasteiger partial charge in [-0.05, 0) is 36.8 Å². The second-order valence-electron chi connectivity index (χ2n) is 5.44. The number of benzene rings is 1. The highest BCUT2D eigenvalue weighted by atomic mass is 15.3. The van der Waals surface area contributed by atoms with Gasteiger partial charge in [-0.25, -0.2) is 4.98 Å². The molecule has 1 aliphatic rings. The van der Waals surface area contributed by atoms with Crippen LogP contribution in [0.4, 0.5) is 0 Å². The Balaban J connectivity index is 1.49. The highest BCUT2D eigenvalue weighted by Gasteiger charge is 2.30. The Hall–Kier alpha value is -1.68. The number of nitrogens with zero attached hydrogens (tertiary/aromatic N) is 3. The molecule has 0 radical (unpaired) electrons. The second kappa shape index (κ2) is 5.13. The summed E-state index contributed by atoms with van der Waals surface area (Å²) in [6, 6.07) is 9.32. The lowest BCUT2D eigenvalue weighted by atomic mass is 9.74. The van der Waals surface area contributed by atoms with Gasteiger partial charge in [0, 0.05) is 13.1 Å². The van der Waals surface area contributed by atoms with Gasteiger partial charge in [0.1, 0.15) is 6.33 Å². The smallest absolute Gasteiger partial charge is 0.164 e. The molecule has 3 rings (SSSR count). The molecule has 1 fully saturated rings. The summed E-state index contributed by atoms with van der Waals surface area (Å²) in [7, 11) is 1.90. The van der Waals surface area contributed by atoms with Crippen LogP contribution < -0.4 is 5.32 Å². The van der Waals surface area contributed by atoms with E-state index in [4.69, 9.17) is 0 Å². The quantitative estimate of drug-likeness (QED) is 0.911. The average Bonchev–Trinajstić information content (AvgIpc) is 2.75. The maximum atomic E-state index is 4.28. The molecule has 0 amide bonds. The molecule has 0 saturated heterocycles. The number of hydrogen-bond acceptors (Lipinski definition) is 3. The Morgan fingerprint density at radius 2 is 2.11 bits per heavy atom. The van der Waals surface area contributed by atoms with Crippen molar-refractivity contribution in [3.05, 3.63) is 47.5 Å². The Labute approximate surface area is 113 Å². The van der Waals surface area contributed by atoms with E-state index in [-0.39, 0.29) is 0 Å². The summed E-state index contributed by atoms with van der Waals surface area (Å²) < 4.78 is 1.74. The van der Waals surface area contributed by atoms with E-state index < -0.39 is 0 Å². The maximum absolute atomic E-state index is 4.28. The van der Waals surface area contributed by atoms with E-state index in [0.717, 1.165) is 18.3 Å². The topological polar surface area (TPSA) is 42.7 Å². The largest absolute Gasteiger partial charge is 0.307 e. The molecule has 1 aromatic heterocycles. The molecule has 0 spiro atoms. The standard InChI is InChI=1S/C15H20N4/c1-11-5-3-4-6-14(11)12-7-13(8-12)16-9-15-17-10-19(2)18-15/h3-6,10,12-13,16H,7-9H2,1-2H3. The third-order valence-electron chi connectivity index (χ3n) is 3.96. The molecule has 1 heterocycles. The van der Waals surface area contributed by atoms with Crippen molar-refractivity contribution in [1.82, 2.24) is 20.1 Å². The first-order valence-corrected chi connectivity index (χ1v) is 6.86. The zero-order valence-corrected chi connectivity index (χ0v) is 11.5. The highest BCUT2D eigenvalue weighted by molar-refractivity contribution is 5.31. The van der Waals surface area contributed by atoms with Gasteiger partial charge in [0.15, 0.2) is 5.82 Å². The van der Waals surface area contributed by atoms with Crippen LogP contribution in [0, 0.1) is 6.92 Å². The Morgan fingerprint density at radius 3 is 2.79 bits per heavy atom. The Bertz CT molecular complexity index is 555. The van der Waals surface area contributed by atoms with E-state index in [0.29, 0.717) is 6.04 Å². The zero-order valence-electron chi connectivity index (χ0n) is 11.5. The van der Waals surface area contributed by atoms with Crippen molar-refractivity contribution < 1.29 is 0 Å². The number of aromatic nitrogens is 3. The van der Waals surface area contributed by atoms with E-state index in [1.165, 1.54) is 24.0 Å². The van der Waals surface area contributed by atoms with Crippen LogP contribution >= 0.6 is 0 Å². The van der Waals surface area contributed by atoms with Gasteiger partial charge in [-0.1, -0.05) is 24.3 Å². The van der Waals surface area contributed by atoms with Crippen molar-refractivity contribution in [2.45, 2.75) is 38.3 Å². The van der Waals surface area contributed by atoms with Crippen LogP contribution in [0.2, 0.25) is 0 Å². The van der Waals surface area contributed by atoms with E-state index in [1.54, 1.807) is 11.0 Å². The average molecular weight is 256 g/mol. The van der Waals surface area contributed by atoms with Crippen molar-refractivity contribution in [3.8, 4) is 0 Å². The lowest BCUT2D eigenvalue weighted by molar-refractivity contribution is 0.287. The normalized spacial score (nSPS) is 22.2. The molecule has 0 bridgehead atoms. The molecule has 1 saturated carbocycles. The molecular formula is C15H20N4. The van der Waals surface area contributed by atoms with Crippen LogP contribution in [-0.2, 0) is 13.6 Å². The number of nitrogens with one attached hydrogen (secondary N) is 1.